The van der Waals surface area contributed by atoms with Gasteiger partial charge in [0.15, 0.2) is 5.96 Å². The van der Waals surface area contributed by atoms with Crippen molar-refractivity contribution in [1.29, 1.82) is 0 Å². The van der Waals surface area contributed by atoms with E-state index in [1.165, 1.54) is 9.80 Å². The highest BCUT2D eigenvalue weighted by atomic mass is 16.4. The van der Waals surface area contributed by atoms with Gasteiger partial charge >= 0.3 is 5.97 Å². The summed E-state index contributed by atoms with van der Waals surface area (Å²) in [5.74, 6) is -1.95. The van der Waals surface area contributed by atoms with Gasteiger partial charge in [-0.25, -0.2) is 4.79 Å². The van der Waals surface area contributed by atoms with Crippen LogP contribution >= 0.6 is 0 Å². The Balaban J connectivity index is 1.70. The molecule has 3 aliphatic heterocycles. The first-order valence-electron chi connectivity index (χ1n) is 11.7. The van der Waals surface area contributed by atoms with E-state index in [0.717, 1.165) is 13.0 Å². The predicted molar refractivity (Wildman–Crippen MR) is 120 cm³/mol. The van der Waals surface area contributed by atoms with Crippen molar-refractivity contribution in [2.24, 2.45) is 16.5 Å². The van der Waals surface area contributed by atoms with Crippen molar-refractivity contribution in [3.63, 3.8) is 0 Å². The standard InChI is InChI=1S/C21H35N7O5/c22-21(23)25-10-2-6-14(26-17(29)13-5-1-9-24-13)18(30)27-11-3-7-15(27)19(31)28-12-4-8-16(28)20(32)33/h13-16,24H,1-12H2,(H,26,29)(H,32,33)(H4,22,23,25). The number of rotatable bonds is 9. The molecule has 0 aromatic rings. The minimum atomic E-state index is -1.02. The molecule has 0 aliphatic carbocycles. The first-order valence-corrected chi connectivity index (χ1v) is 11.7. The number of aliphatic imine (C=N–C) groups is 1. The molecule has 3 amide bonds. The second kappa shape index (κ2) is 11.3. The maximum atomic E-state index is 13.5. The summed E-state index contributed by atoms with van der Waals surface area (Å²) in [5, 5.41) is 15.4. The number of hydrogen-bond acceptors (Lipinski definition) is 6. The monoisotopic (exact) mass is 465 g/mol. The number of carbonyl (C=O) groups excluding carboxylic acids is 3. The fraction of sp³-hybridized carbons (Fsp3) is 0.762. The van der Waals surface area contributed by atoms with Crippen LogP contribution in [0.1, 0.15) is 51.4 Å². The van der Waals surface area contributed by atoms with Gasteiger partial charge in [0.25, 0.3) is 0 Å². The number of carboxylic acids is 1. The molecule has 3 fully saturated rings. The van der Waals surface area contributed by atoms with Crippen LogP contribution in [0.4, 0.5) is 0 Å². The van der Waals surface area contributed by atoms with E-state index in [9.17, 15) is 24.3 Å². The number of nitrogens with zero attached hydrogens (tertiary/aromatic N) is 3. The summed E-state index contributed by atoms with van der Waals surface area (Å²) < 4.78 is 0. The number of likely N-dealkylation sites (tertiary alicyclic amines) is 2. The predicted octanol–water partition coefficient (Wildman–Crippen LogP) is -1.66. The zero-order valence-corrected chi connectivity index (χ0v) is 18.9. The molecule has 0 saturated carbocycles. The van der Waals surface area contributed by atoms with Crippen molar-refractivity contribution >= 4 is 29.7 Å². The fourth-order valence-electron chi connectivity index (χ4n) is 4.91. The second-order valence-electron chi connectivity index (χ2n) is 8.88. The summed E-state index contributed by atoms with van der Waals surface area (Å²) in [7, 11) is 0. The molecule has 33 heavy (non-hydrogen) atoms. The third-order valence-electron chi connectivity index (χ3n) is 6.58. The van der Waals surface area contributed by atoms with E-state index in [1.54, 1.807) is 0 Å². The SMILES string of the molecule is NC(N)=NCCCC(NC(=O)C1CCCN1)C(=O)N1CCCC1C(=O)N1CCCC1C(=O)O. The quantitative estimate of drug-likeness (QED) is 0.152. The Morgan fingerprint density at radius 1 is 1.03 bits per heavy atom. The number of nitrogens with two attached hydrogens (primary N) is 2. The minimum absolute atomic E-state index is 0.0409. The average molecular weight is 466 g/mol. The highest BCUT2D eigenvalue weighted by Gasteiger charge is 2.43. The molecule has 12 heteroatoms. The average Bonchev–Trinajstić information content (AvgIpc) is 3.55. The normalized spacial score (nSPS) is 25.6. The Morgan fingerprint density at radius 3 is 2.36 bits per heavy atom. The van der Waals surface area contributed by atoms with E-state index in [0.29, 0.717) is 64.6 Å². The number of guanidine groups is 1. The topological polar surface area (TPSA) is 183 Å². The van der Waals surface area contributed by atoms with Crippen molar-refractivity contribution in [3.8, 4) is 0 Å². The minimum Gasteiger partial charge on any atom is -0.480 e. The van der Waals surface area contributed by atoms with Crippen molar-refractivity contribution in [3.05, 3.63) is 0 Å². The van der Waals surface area contributed by atoms with Gasteiger partial charge in [0.1, 0.15) is 18.1 Å². The Morgan fingerprint density at radius 2 is 1.73 bits per heavy atom. The Bertz CT molecular complexity index is 779. The lowest BCUT2D eigenvalue weighted by molar-refractivity contribution is -0.152. The number of carboxylic acid groups (broad SMARTS) is 1. The smallest absolute Gasteiger partial charge is 0.326 e. The van der Waals surface area contributed by atoms with Crippen molar-refractivity contribution in [2.45, 2.75) is 75.5 Å². The second-order valence-corrected chi connectivity index (χ2v) is 8.88. The van der Waals surface area contributed by atoms with Gasteiger partial charge in [-0.2, -0.15) is 0 Å². The van der Waals surface area contributed by atoms with Gasteiger partial charge in [-0.15, -0.1) is 0 Å². The summed E-state index contributed by atoms with van der Waals surface area (Å²) in [4.78, 5) is 57.8. The molecule has 0 aromatic heterocycles. The molecule has 184 valence electrons. The van der Waals surface area contributed by atoms with Crippen LogP contribution in [0.15, 0.2) is 4.99 Å². The summed E-state index contributed by atoms with van der Waals surface area (Å²) >= 11 is 0. The van der Waals surface area contributed by atoms with E-state index < -0.39 is 24.1 Å². The van der Waals surface area contributed by atoms with E-state index in [4.69, 9.17) is 11.5 Å². The lowest BCUT2D eigenvalue weighted by Crippen LogP contribution is -2.56. The van der Waals surface area contributed by atoms with Crippen molar-refractivity contribution in [1.82, 2.24) is 20.4 Å². The van der Waals surface area contributed by atoms with Gasteiger partial charge in [0, 0.05) is 19.6 Å². The van der Waals surface area contributed by atoms with Gasteiger partial charge in [-0.3, -0.25) is 19.4 Å². The maximum absolute atomic E-state index is 13.5. The van der Waals surface area contributed by atoms with E-state index in [-0.39, 0.29) is 29.7 Å². The Kier molecular flexibility index (Phi) is 8.48. The van der Waals surface area contributed by atoms with Crippen molar-refractivity contribution < 1.29 is 24.3 Å². The molecule has 3 aliphatic rings. The first-order chi connectivity index (χ1) is 15.8. The summed E-state index contributed by atoms with van der Waals surface area (Å²) in [5.41, 5.74) is 10.7. The molecular formula is C21H35N7O5. The number of hydrogen-bond donors (Lipinski definition) is 5. The molecule has 3 rings (SSSR count). The number of aliphatic carboxylic acids is 1. The molecule has 3 heterocycles. The van der Waals surface area contributed by atoms with Crippen LogP contribution in [0, 0.1) is 0 Å². The van der Waals surface area contributed by atoms with E-state index in [1.807, 2.05) is 0 Å². The third-order valence-corrected chi connectivity index (χ3v) is 6.58. The molecule has 0 spiro atoms. The van der Waals surface area contributed by atoms with Crippen LogP contribution in [-0.4, -0.2) is 94.9 Å². The van der Waals surface area contributed by atoms with E-state index in [2.05, 4.69) is 15.6 Å². The van der Waals surface area contributed by atoms with Gasteiger partial charge < -0.3 is 37.0 Å². The summed E-state index contributed by atoms with van der Waals surface area (Å²) in [6.45, 7) is 1.84. The zero-order valence-electron chi connectivity index (χ0n) is 18.9. The van der Waals surface area contributed by atoms with Crippen LogP contribution in [-0.2, 0) is 19.2 Å². The third kappa shape index (κ3) is 6.12. The molecular weight excluding hydrogens is 430 g/mol. The van der Waals surface area contributed by atoms with Crippen LogP contribution in [0.5, 0.6) is 0 Å². The number of carbonyl (C=O) groups is 4. The summed E-state index contributed by atoms with van der Waals surface area (Å²) in [6, 6.07) is -2.70. The van der Waals surface area contributed by atoms with Crippen LogP contribution < -0.4 is 22.1 Å². The lowest BCUT2D eigenvalue weighted by Gasteiger charge is -2.32. The largest absolute Gasteiger partial charge is 0.480 e. The highest BCUT2D eigenvalue weighted by molar-refractivity contribution is 5.94. The summed E-state index contributed by atoms with van der Waals surface area (Å²) in [6.07, 6.45) is 4.57. The van der Waals surface area contributed by atoms with E-state index >= 15 is 0 Å². The molecule has 4 unspecified atom stereocenters. The zero-order chi connectivity index (χ0) is 24.0. The molecule has 4 atom stereocenters. The molecule has 0 bridgehead atoms. The Labute approximate surface area is 193 Å². The van der Waals surface area contributed by atoms with Crippen LogP contribution in [0.25, 0.3) is 0 Å². The first kappa shape index (κ1) is 24.7. The number of nitrogens with one attached hydrogen (secondary N) is 2. The Hall–Kier alpha value is -2.89. The highest BCUT2D eigenvalue weighted by Crippen LogP contribution is 2.26. The van der Waals surface area contributed by atoms with Gasteiger partial charge in [0.2, 0.25) is 17.7 Å². The molecule has 0 aromatic carbocycles. The maximum Gasteiger partial charge on any atom is 0.326 e. The number of amides is 3. The van der Waals surface area contributed by atoms with Gasteiger partial charge in [-0.05, 0) is 57.9 Å². The van der Waals surface area contributed by atoms with Gasteiger partial charge in [0.05, 0.1) is 6.04 Å². The fourth-order valence-corrected chi connectivity index (χ4v) is 4.91. The van der Waals surface area contributed by atoms with Gasteiger partial charge in [-0.1, -0.05) is 0 Å². The van der Waals surface area contributed by atoms with Crippen LogP contribution in [0.2, 0.25) is 0 Å². The molecule has 12 nitrogen and oxygen atoms in total. The molecule has 7 N–H and O–H groups in total. The van der Waals surface area contributed by atoms with Crippen LogP contribution in [0.3, 0.4) is 0 Å². The molecule has 3 saturated heterocycles. The van der Waals surface area contributed by atoms with Crippen molar-refractivity contribution in [2.75, 3.05) is 26.2 Å². The molecule has 0 radical (unpaired) electrons. The lowest BCUT2D eigenvalue weighted by atomic mass is 10.1.